The minimum absolute atomic E-state index is 0.467. The van der Waals surface area contributed by atoms with Gasteiger partial charge in [0.15, 0.2) is 11.6 Å². The van der Waals surface area contributed by atoms with E-state index in [2.05, 4.69) is 10.3 Å². The van der Waals surface area contributed by atoms with E-state index in [-0.39, 0.29) is 0 Å². The number of aromatic nitrogens is 2. The summed E-state index contributed by atoms with van der Waals surface area (Å²) in [4.78, 5) is 4.10. The van der Waals surface area contributed by atoms with E-state index in [4.69, 9.17) is 0 Å². The Hall–Kier alpha value is -1.91. The summed E-state index contributed by atoms with van der Waals surface area (Å²) >= 11 is 0. The van der Waals surface area contributed by atoms with Gasteiger partial charge in [-0.1, -0.05) is 0 Å². The molecule has 0 saturated heterocycles. The van der Waals surface area contributed by atoms with E-state index in [1.807, 2.05) is 17.8 Å². The zero-order valence-corrected chi connectivity index (χ0v) is 8.74. The van der Waals surface area contributed by atoms with Crippen LogP contribution in [-0.4, -0.2) is 9.55 Å². The van der Waals surface area contributed by atoms with Crippen LogP contribution in [0.15, 0.2) is 30.6 Å². The molecule has 2 rings (SSSR count). The van der Waals surface area contributed by atoms with Crippen LogP contribution in [0.2, 0.25) is 0 Å². The summed E-state index contributed by atoms with van der Waals surface area (Å²) < 4.78 is 27.4. The summed E-state index contributed by atoms with van der Waals surface area (Å²) in [7, 11) is 1.87. The van der Waals surface area contributed by atoms with Gasteiger partial charge in [-0.05, 0) is 12.1 Å². The second-order valence-electron chi connectivity index (χ2n) is 3.44. The molecule has 5 heteroatoms. The number of nitrogens with one attached hydrogen (secondary N) is 1. The fourth-order valence-corrected chi connectivity index (χ4v) is 1.35. The first-order chi connectivity index (χ1) is 7.66. The van der Waals surface area contributed by atoms with E-state index < -0.39 is 11.6 Å². The first kappa shape index (κ1) is 10.6. The predicted molar refractivity (Wildman–Crippen MR) is 56.9 cm³/mol. The molecule has 0 aliphatic rings. The minimum Gasteiger partial charge on any atom is -0.378 e. The fourth-order valence-electron chi connectivity index (χ4n) is 1.35. The van der Waals surface area contributed by atoms with Gasteiger partial charge in [0.1, 0.15) is 5.82 Å². The summed E-state index contributed by atoms with van der Waals surface area (Å²) in [5, 5.41) is 2.97. The zero-order chi connectivity index (χ0) is 11.5. The van der Waals surface area contributed by atoms with Crippen LogP contribution in [0.1, 0.15) is 5.82 Å². The van der Waals surface area contributed by atoms with Gasteiger partial charge in [-0.2, -0.15) is 0 Å². The van der Waals surface area contributed by atoms with Crippen molar-refractivity contribution in [2.75, 3.05) is 5.32 Å². The average Bonchev–Trinajstić information content (AvgIpc) is 2.66. The first-order valence-electron chi connectivity index (χ1n) is 4.82. The van der Waals surface area contributed by atoms with Gasteiger partial charge in [-0.25, -0.2) is 13.8 Å². The molecule has 1 N–H and O–H groups in total. The molecule has 0 fully saturated rings. The lowest BCUT2D eigenvalue weighted by molar-refractivity contribution is 0.509. The topological polar surface area (TPSA) is 29.9 Å². The van der Waals surface area contributed by atoms with Crippen LogP contribution in [-0.2, 0) is 13.6 Å². The summed E-state index contributed by atoms with van der Waals surface area (Å²) in [6.07, 6.45) is 3.50. The molecule has 0 unspecified atom stereocenters. The average molecular weight is 223 g/mol. The van der Waals surface area contributed by atoms with Crippen LogP contribution < -0.4 is 5.32 Å². The third kappa shape index (κ3) is 2.18. The second-order valence-corrected chi connectivity index (χ2v) is 3.44. The van der Waals surface area contributed by atoms with Crippen molar-refractivity contribution in [3.05, 3.63) is 48.1 Å². The number of benzene rings is 1. The van der Waals surface area contributed by atoms with Crippen LogP contribution in [0.5, 0.6) is 0 Å². The molecular weight excluding hydrogens is 212 g/mol. The van der Waals surface area contributed by atoms with Crippen molar-refractivity contribution in [1.29, 1.82) is 0 Å². The number of nitrogens with zero attached hydrogens (tertiary/aromatic N) is 2. The third-order valence-corrected chi connectivity index (χ3v) is 2.29. The van der Waals surface area contributed by atoms with Gasteiger partial charge in [0.25, 0.3) is 0 Å². The number of hydrogen-bond donors (Lipinski definition) is 1. The second kappa shape index (κ2) is 4.30. The SMILES string of the molecule is Cn1ccnc1CNc1ccc(F)c(F)c1. The van der Waals surface area contributed by atoms with E-state index in [0.717, 1.165) is 18.0 Å². The van der Waals surface area contributed by atoms with E-state index in [1.165, 1.54) is 6.07 Å². The van der Waals surface area contributed by atoms with Crippen molar-refractivity contribution in [3.63, 3.8) is 0 Å². The molecule has 1 aromatic heterocycles. The molecular formula is C11H11F2N3. The molecule has 1 heterocycles. The number of hydrogen-bond acceptors (Lipinski definition) is 2. The van der Waals surface area contributed by atoms with Gasteiger partial charge in [-0.3, -0.25) is 0 Å². The van der Waals surface area contributed by atoms with Crippen molar-refractivity contribution in [3.8, 4) is 0 Å². The van der Waals surface area contributed by atoms with Crippen molar-refractivity contribution < 1.29 is 8.78 Å². The number of imidazole rings is 1. The van der Waals surface area contributed by atoms with Crippen molar-refractivity contribution in [2.24, 2.45) is 7.05 Å². The highest BCUT2D eigenvalue weighted by Crippen LogP contribution is 2.13. The highest BCUT2D eigenvalue weighted by Gasteiger charge is 2.03. The maximum absolute atomic E-state index is 12.9. The van der Waals surface area contributed by atoms with Crippen molar-refractivity contribution >= 4 is 5.69 Å². The molecule has 2 aromatic rings. The summed E-state index contributed by atoms with van der Waals surface area (Å²) in [6, 6.07) is 3.70. The lowest BCUT2D eigenvalue weighted by Crippen LogP contribution is -2.05. The van der Waals surface area contributed by atoms with E-state index in [1.54, 1.807) is 6.20 Å². The molecule has 1 aromatic carbocycles. The largest absolute Gasteiger partial charge is 0.378 e. The Morgan fingerprint density at radius 1 is 1.31 bits per heavy atom. The predicted octanol–water partition coefficient (Wildman–Crippen LogP) is 2.31. The van der Waals surface area contributed by atoms with Crippen LogP contribution in [0, 0.1) is 11.6 Å². The molecule has 0 atom stereocenters. The van der Waals surface area contributed by atoms with Crippen LogP contribution in [0.25, 0.3) is 0 Å². The molecule has 0 radical (unpaired) electrons. The van der Waals surface area contributed by atoms with Gasteiger partial charge in [-0.15, -0.1) is 0 Å². The molecule has 0 saturated carbocycles. The smallest absolute Gasteiger partial charge is 0.160 e. The van der Waals surface area contributed by atoms with Gasteiger partial charge in [0.2, 0.25) is 0 Å². The molecule has 3 nitrogen and oxygen atoms in total. The number of halogens is 2. The van der Waals surface area contributed by atoms with Gasteiger partial charge in [0, 0.05) is 31.2 Å². The molecule has 0 amide bonds. The highest BCUT2D eigenvalue weighted by molar-refractivity contribution is 5.43. The quantitative estimate of drug-likeness (QED) is 0.865. The van der Waals surface area contributed by atoms with E-state index >= 15 is 0 Å². The Balaban J connectivity index is 2.05. The summed E-state index contributed by atoms with van der Waals surface area (Å²) in [5.74, 6) is -0.878. The highest BCUT2D eigenvalue weighted by atomic mass is 19.2. The van der Waals surface area contributed by atoms with Gasteiger partial charge < -0.3 is 9.88 Å². The maximum atomic E-state index is 12.9. The Morgan fingerprint density at radius 2 is 2.12 bits per heavy atom. The third-order valence-electron chi connectivity index (χ3n) is 2.29. The van der Waals surface area contributed by atoms with Crippen LogP contribution in [0.3, 0.4) is 0 Å². The normalized spacial score (nSPS) is 10.4. The summed E-state index contributed by atoms with van der Waals surface area (Å²) in [5.41, 5.74) is 0.530. The first-order valence-corrected chi connectivity index (χ1v) is 4.82. The van der Waals surface area contributed by atoms with Crippen LogP contribution in [0.4, 0.5) is 14.5 Å². The lowest BCUT2D eigenvalue weighted by Gasteiger charge is -2.06. The fraction of sp³-hybridized carbons (Fsp3) is 0.182. The van der Waals surface area contributed by atoms with Gasteiger partial charge >= 0.3 is 0 Å². The monoisotopic (exact) mass is 223 g/mol. The van der Waals surface area contributed by atoms with Crippen molar-refractivity contribution in [2.45, 2.75) is 6.54 Å². The molecule has 84 valence electrons. The number of rotatable bonds is 3. The maximum Gasteiger partial charge on any atom is 0.160 e. The molecule has 0 bridgehead atoms. The number of anilines is 1. The van der Waals surface area contributed by atoms with E-state index in [0.29, 0.717) is 12.2 Å². The molecule has 0 aliphatic carbocycles. The Bertz CT molecular complexity index is 494. The molecule has 16 heavy (non-hydrogen) atoms. The van der Waals surface area contributed by atoms with Gasteiger partial charge in [0.05, 0.1) is 6.54 Å². The Kier molecular flexibility index (Phi) is 2.85. The zero-order valence-electron chi connectivity index (χ0n) is 8.74. The van der Waals surface area contributed by atoms with E-state index in [9.17, 15) is 8.78 Å². The Morgan fingerprint density at radius 3 is 2.75 bits per heavy atom. The summed E-state index contributed by atoms with van der Waals surface area (Å²) in [6.45, 7) is 0.467. The standard InChI is InChI=1S/C11H11F2N3/c1-16-5-4-14-11(16)7-15-8-2-3-9(12)10(13)6-8/h2-6,15H,7H2,1H3. The minimum atomic E-state index is -0.857. The molecule has 0 spiro atoms. The Labute approximate surface area is 91.7 Å². The molecule has 0 aliphatic heterocycles. The van der Waals surface area contributed by atoms with Crippen LogP contribution >= 0.6 is 0 Å². The lowest BCUT2D eigenvalue weighted by atomic mass is 10.3. The van der Waals surface area contributed by atoms with Crippen molar-refractivity contribution in [1.82, 2.24) is 9.55 Å². The number of aryl methyl sites for hydroxylation is 1.